The fourth-order valence-electron chi connectivity index (χ4n) is 5.85. The number of benzene rings is 1. The Balaban J connectivity index is 1.13. The zero-order chi connectivity index (χ0) is 24.5. The van der Waals surface area contributed by atoms with E-state index in [4.69, 9.17) is 16.6 Å². The lowest BCUT2D eigenvalue weighted by Gasteiger charge is -2.41. The maximum absolute atomic E-state index is 6.30. The molecule has 0 saturated carbocycles. The van der Waals surface area contributed by atoms with Crippen LogP contribution in [0.5, 0.6) is 0 Å². The van der Waals surface area contributed by atoms with Crippen molar-refractivity contribution < 1.29 is 0 Å². The van der Waals surface area contributed by atoms with Gasteiger partial charge in [-0.05, 0) is 91.5 Å². The minimum Gasteiger partial charge on any atom is -0.375 e. The van der Waals surface area contributed by atoms with Crippen molar-refractivity contribution in [3.8, 4) is 11.5 Å². The van der Waals surface area contributed by atoms with Gasteiger partial charge in [-0.15, -0.1) is 0 Å². The lowest BCUT2D eigenvalue weighted by Crippen LogP contribution is -2.40. The number of thiophene rings is 1. The molecule has 5 nitrogen and oxygen atoms in total. The highest BCUT2D eigenvalue weighted by molar-refractivity contribution is 7.07. The van der Waals surface area contributed by atoms with Crippen LogP contribution in [0.4, 0.5) is 0 Å². The van der Waals surface area contributed by atoms with E-state index in [0.29, 0.717) is 17.0 Å². The van der Waals surface area contributed by atoms with Crippen LogP contribution in [-0.2, 0) is 6.54 Å². The number of rotatable bonds is 6. The standard InChI is InChI=1S/C29H32ClN5S/c1-21(23-7-13-33(14-8-23)19-22-11-17-36-20-22)34-15-9-25(10-16-34)35-28-6-5-24(30)18-27(28)32-29(35)26-4-2-3-12-31-26/h2-6,11-12,17-18,20,23,25H,1,7-10,13-16,19H2. The van der Waals surface area contributed by atoms with E-state index in [1.165, 1.54) is 24.1 Å². The van der Waals surface area contributed by atoms with Gasteiger partial charge in [-0.2, -0.15) is 11.3 Å². The molecular weight excluding hydrogens is 486 g/mol. The molecule has 0 atom stereocenters. The molecule has 1 aromatic carbocycles. The first-order valence-electron chi connectivity index (χ1n) is 12.9. The Labute approximate surface area is 222 Å². The molecule has 3 aromatic heterocycles. The van der Waals surface area contributed by atoms with Gasteiger partial charge in [-0.3, -0.25) is 9.88 Å². The molecule has 2 fully saturated rings. The highest BCUT2D eigenvalue weighted by atomic mass is 35.5. The van der Waals surface area contributed by atoms with Crippen molar-refractivity contribution in [2.24, 2.45) is 5.92 Å². The number of aromatic nitrogens is 3. The summed E-state index contributed by atoms with van der Waals surface area (Å²) in [5.74, 6) is 1.53. The van der Waals surface area contributed by atoms with Crippen molar-refractivity contribution in [2.45, 2.75) is 38.3 Å². The number of likely N-dealkylation sites (tertiary alicyclic amines) is 2. The molecular formula is C29H32ClN5S. The van der Waals surface area contributed by atoms with E-state index >= 15 is 0 Å². The van der Waals surface area contributed by atoms with Crippen LogP contribution in [-0.4, -0.2) is 50.5 Å². The lowest BCUT2D eigenvalue weighted by molar-refractivity contribution is 0.155. The third-order valence-electron chi connectivity index (χ3n) is 7.83. The summed E-state index contributed by atoms with van der Waals surface area (Å²) in [6.07, 6.45) is 6.40. The van der Waals surface area contributed by atoms with Crippen molar-refractivity contribution in [3.05, 3.63) is 82.3 Å². The van der Waals surface area contributed by atoms with E-state index in [1.54, 1.807) is 11.3 Å². The topological polar surface area (TPSA) is 37.2 Å². The van der Waals surface area contributed by atoms with Gasteiger partial charge in [0.1, 0.15) is 5.69 Å². The second-order valence-electron chi connectivity index (χ2n) is 10.0. The highest BCUT2D eigenvalue weighted by Crippen LogP contribution is 2.36. The van der Waals surface area contributed by atoms with E-state index in [2.05, 4.69) is 48.8 Å². The van der Waals surface area contributed by atoms with Gasteiger partial charge >= 0.3 is 0 Å². The summed E-state index contributed by atoms with van der Waals surface area (Å²) in [6.45, 7) is 10.1. The van der Waals surface area contributed by atoms with E-state index in [9.17, 15) is 0 Å². The molecule has 6 rings (SSSR count). The van der Waals surface area contributed by atoms with Gasteiger partial charge in [0, 0.05) is 48.5 Å². The molecule has 2 aliphatic rings. The predicted octanol–water partition coefficient (Wildman–Crippen LogP) is 6.88. The van der Waals surface area contributed by atoms with Gasteiger partial charge in [0.15, 0.2) is 5.82 Å². The summed E-state index contributed by atoms with van der Waals surface area (Å²) >= 11 is 8.09. The molecule has 5 heterocycles. The molecule has 2 saturated heterocycles. The Morgan fingerprint density at radius 3 is 2.58 bits per heavy atom. The fraction of sp³-hybridized carbons (Fsp3) is 0.379. The van der Waals surface area contributed by atoms with Crippen molar-refractivity contribution >= 4 is 34.0 Å². The zero-order valence-corrected chi connectivity index (χ0v) is 22.1. The Morgan fingerprint density at radius 2 is 1.86 bits per heavy atom. The van der Waals surface area contributed by atoms with Gasteiger partial charge in [-0.25, -0.2) is 4.98 Å². The largest absolute Gasteiger partial charge is 0.375 e. The minimum absolute atomic E-state index is 0.379. The van der Waals surface area contributed by atoms with Crippen LogP contribution in [0.25, 0.3) is 22.6 Å². The number of halogens is 1. The number of nitrogens with zero attached hydrogens (tertiary/aromatic N) is 5. The molecule has 4 aromatic rings. The molecule has 0 amide bonds. The number of pyridine rings is 1. The third kappa shape index (κ3) is 4.82. The molecule has 186 valence electrons. The Morgan fingerprint density at radius 1 is 1.03 bits per heavy atom. The summed E-state index contributed by atoms with van der Waals surface area (Å²) in [7, 11) is 0. The molecule has 0 bridgehead atoms. The SMILES string of the molecule is C=C(C1CCN(Cc2ccsc2)CC1)N1CCC(n2c(-c3ccccn3)nc3cc(Cl)ccc32)CC1. The van der Waals surface area contributed by atoms with Gasteiger partial charge in [0.05, 0.1) is 11.0 Å². The third-order valence-corrected chi connectivity index (χ3v) is 8.79. The number of allylic oxidation sites excluding steroid dienone is 1. The summed E-state index contributed by atoms with van der Waals surface area (Å²) in [5, 5.41) is 5.16. The Kier molecular flexibility index (Phi) is 6.83. The van der Waals surface area contributed by atoms with Crippen LogP contribution in [0.15, 0.2) is 71.7 Å². The number of hydrogen-bond donors (Lipinski definition) is 0. The summed E-state index contributed by atoms with van der Waals surface area (Å²) < 4.78 is 2.40. The zero-order valence-electron chi connectivity index (χ0n) is 20.5. The van der Waals surface area contributed by atoms with Crippen LogP contribution in [0.2, 0.25) is 5.02 Å². The molecule has 0 unspecified atom stereocenters. The van der Waals surface area contributed by atoms with Gasteiger partial charge in [0.25, 0.3) is 0 Å². The van der Waals surface area contributed by atoms with Crippen molar-refractivity contribution in [1.82, 2.24) is 24.3 Å². The molecule has 7 heteroatoms. The number of hydrogen-bond acceptors (Lipinski definition) is 5. The van der Waals surface area contributed by atoms with Crippen molar-refractivity contribution in [3.63, 3.8) is 0 Å². The van der Waals surface area contributed by atoms with Crippen molar-refractivity contribution in [2.75, 3.05) is 26.2 Å². The van der Waals surface area contributed by atoms with Crippen LogP contribution < -0.4 is 0 Å². The van der Waals surface area contributed by atoms with Crippen LogP contribution in [0.1, 0.15) is 37.3 Å². The molecule has 0 radical (unpaired) electrons. The average Bonchev–Trinajstić information content (AvgIpc) is 3.57. The number of piperidine rings is 2. The highest BCUT2D eigenvalue weighted by Gasteiger charge is 2.29. The smallest absolute Gasteiger partial charge is 0.160 e. The normalized spacial score (nSPS) is 18.2. The molecule has 0 N–H and O–H groups in total. The Bertz CT molecular complexity index is 1320. The van der Waals surface area contributed by atoms with Gasteiger partial charge in [0.2, 0.25) is 0 Å². The van der Waals surface area contributed by atoms with Gasteiger partial charge < -0.3 is 9.47 Å². The second kappa shape index (κ2) is 10.4. The van der Waals surface area contributed by atoms with E-state index in [-0.39, 0.29) is 0 Å². The van der Waals surface area contributed by atoms with E-state index < -0.39 is 0 Å². The first-order valence-corrected chi connectivity index (χ1v) is 14.2. The number of fused-ring (bicyclic) bond motifs is 1. The number of imidazole rings is 1. The summed E-state index contributed by atoms with van der Waals surface area (Å²) in [6, 6.07) is 14.7. The van der Waals surface area contributed by atoms with E-state index in [0.717, 1.165) is 68.1 Å². The first-order chi connectivity index (χ1) is 17.7. The van der Waals surface area contributed by atoms with E-state index in [1.807, 2.05) is 36.5 Å². The lowest BCUT2D eigenvalue weighted by atomic mass is 9.91. The van der Waals surface area contributed by atoms with Crippen LogP contribution in [0.3, 0.4) is 0 Å². The molecule has 0 aliphatic carbocycles. The fourth-order valence-corrected chi connectivity index (χ4v) is 6.68. The Hall–Kier alpha value is -2.67. The quantitative estimate of drug-likeness (QED) is 0.279. The molecule has 36 heavy (non-hydrogen) atoms. The van der Waals surface area contributed by atoms with Crippen molar-refractivity contribution in [1.29, 1.82) is 0 Å². The molecule has 0 spiro atoms. The monoisotopic (exact) mass is 517 g/mol. The molecule has 2 aliphatic heterocycles. The maximum atomic E-state index is 6.30. The van der Waals surface area contributed by atoms with Crippen LogP contribution in [0, 0.1) is 5.92 Å². The first kappa shape index (κ1) is 23.7. The van der Waals surface area contributed by atoms with Crippen LogP contribution >= 0.6 is 22.9 Å². The van der Waals surface area contributed by atoms with Gasteiger partial charge in [-0.1, -0.05) is 24.2 Å². The second-order valence-corrected chi connectivity index (χ2v) is 11.3. The maximum Gasteiger partial charge on any atom is 0.160 e. The summed E-state index contributed by atoms with van der Waals surface area (Å²) in [5.41, 5.74) is 5.76. The average molecular weight is 518 g/mol. The summed E-state index contributed by atoms with van der Waals surface area (Å²) in [4.78, 5) is 14.7. The minimum atomic E-state index is 0.379. The predicted molar refractivity (Wildman–Crippen MR) is 149 cm³/mol.